The van der Waals surface area contributed by atoms with E-state index >= 15 is 0 Å². The third kappa shape index (κ3) is 2.69. The molecule has 0 spiro atoms. The lowest BCUT2D eigenvalue weighted by Gasteiger charge is -2.11. The van der Waals surface area contributed by atoms with Crippen molar-refractivity contribution >= 4 is 23.1 Å². The summed E-state index contributed by atoms with van der Waals surface area (Å²) < 4.78 is 15.7. The first-order chi connectivity index (χ1) is 12.2. The molecule has 0 fully saturated rings. The zero-order valence-electron chi connectivity index (χ0n) is 13.5. The molecule has 0 radical (unpaired) electrons. The average Bonchev–Trinajstić information content (AvgIpc) is 3.00. The molecule has 0 aromatic heterocycles. The van der Waals surface area contributed by atoms with Gasteiger partial charge >= 0.3 is 5.97 Å². The molecule has 2 aliphatic heterocycles. The molecule has 0 bridgehead atoms. The molecule has 0 saturated carbocycles. The maximum absolute atomic E-state index is 12.0. The minimum Gasteiger partial charge on any atom is -0.464 e. The Morgan fingerprint density at radius 1 is 1.12 bits per heavy atom. The van der Waals surface area contributed by atoms with Crippen molar-refractivity contribution in [2.24, 2.45) is 10.2 Å². The molecule has 0 unspecified atom stereocenters. The lowest BCUT2D eigenvalue weighted by atomic mass is 9.94. The van der Waals surface area contributed by atoms with Crippen LogP contribution in [0.25, 0.3) is 0 Å². The lowest BCUT2D eigenvalue weighted by molar-refractivity contribution is -0.132. The van der Waals surface area contributed by atoms with Gasteiger partial charge in [-0.15, -0.1) is 10.2 Å². The maximum Gasteiger partial charge on any atom is 0.354 e. The van der Waals surface area contributed by atoms with Crippen molar-refractivity contribution in [2.75, 3.05) is 19.6 Å². The van der Waals surface area contributed by atoms with Crippen molar-refractivity contribution in [1.29, 1.82) is 0 Å². The number of nitrogens with two attached hydrogens (primary N) is 1. The second kappa shape index (κ2) is 5.94. The van der Waals surface area contributed by atoms with Crippen LogP contribution < -0.4 is 15.2 Å². The monoisotopic (exact) mass is 337 g/mol. The highest BCUT2D eigenvalue weighted by Gasteiger charge is 2.25. The second-order valence-electron chi connectivity index (χ2n) is 5.65. The van der Waals surface area contributed by atoms with Gasteiger partial charge in [0.2, 0.25) is 6.79 Å². The molecule has 4 rings (SSSR count). The van der Waals surface area contributed by atoms with Gasteiger partial charge in [0.15, 0.2) is 17.2 Å². The number of fused-ring (bicyclic) bond motifs is 2. The van der Waals surface area contributed by atoms with Gasteiger partial charge in [-0.3, -0.25) is 0 Å². The molecular formula is C18H15N3O4. The molecule has 0 amide bonds. The fraction of sp³-hybridized carbons (Fsp3) is 0.167. The van der Waals surface area contributed by atoms with E-state index in [1.165, 1.54) is 7.11 Å². The molecule has 7 heteroatoms. The van der Waals surface area contributed by atoms with Gasteiger partial charge in [0.1, 0.15) is 5.71 Å². The number of nitrogen functional groups attached to an aromatic ring is 1. The smallest absolute Gasteiger partial charge is 0.354 e. The van der Waals surface area contributed by atoms with E-state index in [2.05, 4.69) is 10.2 Å². The highest BCUT2D eigenvalue weighted by atomic mass is 16.7. The molecule has 2 aliphatic rings. The van der Waals surface area contributed by atoms with Crippen molar-refractivity contribution < 1.29 is 19.0 Å². The Morgan fingerprint density at radius 2 is 1.84 bits per heavy atom. The number of rotatable bonds is 2. The number of nitrogens with zero attached hydrogens (tertiary/aromatic N) is 2. The standard InChI is InChI=1S/C18H15N3O4/c1-23-18(22)14-6-11-7-15-16(25-9-24-15)8-13(11)17(21-20-14)10-2-4-12(19)5-3-10/h2-5,7-8H,6,9,19H2,1H3. The van der Waals surface area contributed by atoms with Crippen LogP contribution in [0.3, 0.4) is 0 Å². The fourth-order valence-corrected chi connectivity index (χ4v) is 2.82. The van der Waals surface area contributed by atoms with Gasteiger partial charge in [-0.1, -0.05) is 12.1 Å². The van der Waals surface area contributed by atoms with Crippen LogP contribution in [0.2, 0.25) is 0 Å². The zero-order valence-corrected chi connectivity index (χ0v) is 13.5. The quantitative estimate of drug-likeness (QED) is 0.667. The highest BCUT2D eigenvalue weighted by Crippen LogP contribution is 2.36. The zero-order chi connectivity index (χ0) is 17.4. The van der Waals surface area contributed by atoms with Crippen LogP contribution in [-0.2, 0) is 16.0 Å². The van der Waals surface area contributed by atoms with Gasteiger partial charge in [-0.05, 0) is 29.8 Å². The van der Waals surface area contributed by atoms with E-state index in [9.17, 15) is 4.79 Å². The van der Waals surface area contributed by atoms with Crippen LogP contribution in [0.1, 0.15) is 16.7 Å². The van der Waals surface area contributed by atoms with Gasteiger partial charge in [0.05, 0.1) is 7.11 Å². The average molecular weight is 337 g/mol. The Kier molecular flexibility index (Phi) is 3.61. The molecule has 0 saturated heterocycles. The molecule has 2 heterocycles. The van der Waals surface area contributed by atoms with Crippen molar-refractivity contribution in [3.63, 3.8) is 0 Å². The summed E-state index contributed by atoms with van der Waals surface area (Å²) in [6, 6.07) is 11.0. The topological polar surface area (TPSA) is 95.5 Å². The molecule has 0 aliphatic carbocycles. The van der Waals surface area contributed by atoms with Gasteiger partial charge in [-0.25, -0.2) is 4.79 Å². The van der Waals surface area contributed by atoms with E-state index in [1.807, 2.05) is 24.3 Å². The largest absolute Gasteiger partial charge is 0.464 e. The van der Waals surface area contributed by atoms with Crippen molar-refractivity contribution in [1.82, 2.24) is 0 Å². The van der Waals surface area contributed by atoms with Crippen LogP contribution in [0.4, 0.5) is 5.69 Å². The van der Waals surface area contributed by atoms with Crippen LogP contribution in [0.5, 0.6) is 11.5 Å². The predicted molar refractivity (Wildman–Crippen MR) is 92.2 cm³/mol. The second-order valence-corrected chi connectivity index (χ2v) is 5.65. The Bertz CT molecular complexity index is 917. The van der Waals surface area contributed by atoms with Crippen LogP contribution >= 0.6 is 0 Å². The number of hydrogen-bond donors (Lipinski definition) is 1. The Hall–Kier alpha value is -3.35. The van der Waals surface area contributed by atoms with Crippen molar-refractivity contribution in [3.8, 4) is 11.5 Å². The first-order valence-corrected chi connectivity index (χ1v) is 7.67. The fourth-order valence-electron chi connectivity index (χ4n) is 2.82. The van der Waals surface area contributed by atoms with Crippen molar-refractivity contribution in [3.05, 3.63) is 53.1 Å². The number of ether oxygens (including phenoxy) is 3. The van der Waals surface area contributed by atoms with E-state index < -0.39 is 5.97 Å². The third-order valence-electron chi connectivity index (χ3n) is 4.09. The summed E-state index contributed by atoms with van der Waals surface area (Å²) in [5.74, 6) is 0.774. The van der Waals surface area contributed by atoms with Crippen LogP contribution in [-0.4, -0.2) is 31.3 Å². The summed E-state index contributed by atoms with van der Waals surface area (Å²) in [5.41, 5.74) is 9.82. The summed E-state index contributed by atoms with van der Waals surface area (Å²) in [4.78, 5) is 12.0. The number of methoxy groups -OCH3 is 1. The summed E-state index contributed by atoms with van der Waals surface area (Å²) in [7, 11) is 1.32. The van der Waals surface area contributed by atoms with Gasteiger partial charge in [-0.2, -0.15) is 0 Å². The van der Waals surface area contributed by atoms with Gasteiger partial charge in [0.25, 0.3) is 0 Å². The van der Waals surface area contributed by atoms with E-state index in [4.69, 9.17) is 19.9 Å². The van der Waals surface area contributed by atoms with Gasteiger partial charge < -0.3 is 19.9 Å². The molecule has 2 aromatic carbocycles. The molecular weight excluding hydrogens is 322 g/mol. The number of hydrogen-bond acceptors (Lipinski definition) is 7. The maximum atomic E-state index is 12.0. The van der Waals surface area contributed by atoms with Crippen LogP contribution in [0.15, 0.2) is 46.6 Å². The Morgan fingerprint density at radius 3 is 2.56 bits per heavy atom. The minimum atomic E-state index is -0.508. The summed E-state index contributed by atoms with van der Waals surface area (Å²) in [6.07, 6.45) is 0.292. The van der Waals surface area contributed by atoms with E-state index in [0.717, 1.165) is 16.7 Å². The first-order valence-electron chi connectivity index (χ1n) is 7.67. The molecule has 2 N–H and O–H groups in total. The normalized spacial score (nSPS) is 14.9. The predicted octanol–water partition coefficient (Wildman–Crippen LogP) is 1.92. The molecule has 2 aromatic rings. The van der Waals surface area contributed by atoms with Crippen molar-refractivity contribution in [2.45, 2.75) is 6.42 Å². The Balaban J connectivity index is 1.89. The van der Waals surface area contributed by atoms with Gasteiger partial charge in [0, 0.05) is 23.2 Å². The lowest BCUT2D eigenvalue weighted by Crippen LogP contribution is -2.18. The van der Waals surface area contributed by atoms with E-state index in [-0.39, 0.29) is 12.5 Å². The third-order valence-corrected chi connectivity index (χ3v) is 4.09. The number of carbonyl (C=O) groups is 1. The molecule has 126 valence electrons. The number of benzene rings is 2. The first kappa shape index (κ1) is 15.2. The Labute approximate surface area is 143 Å². The molecule has 0 atom stereocenters. The van der Waals surface area contributed by atoms with E-state index in [0.29, 0.717) is 29.3 Å². The summed E-state index contributed by atoms with van der Waals surface area (Å²) in [5, 5.41) is 8.42. The number of esters is 1. The highest BCUT2D eigenvalue weighted by molar-refractivity contribution is 6.37. The van der Waals surface area contributed by atoms with Crippen LogP contribution in [0, 0.1) is 0 Å². The SMILES string of the molecule is COC(=O)C1=NN=C(c2ccc(N)cc2)c2cc3c(cc2C1)OCO3. The van der Waals surface area contributed by atoms with E-state index in [1.54, 1.807) is 12.1 Å². The summed E-state index contributed by atoms with van der Waals surface area (Å²) in [6.45, 7) is 0.171. The number of carbonyl (C=O) groups excluding carboxylic acids is 1. The number of anilines is 1. The molecule has 7 nitrogen and oxygen atoms in total. The summed E-state index contributed by atoms with van der Waals surface area (Å²) >= 11 is 0. The molecule has 25 heavy (non-hydrogen) atoms. The minimum absolute atomic E-state index is 0.171.